The lowest BCUT2D eigenvalue weighted by Gasteiger charge is -2.08. The average molecular weight is 385 g/mol. The number of carbonyl (C=O) groups is 1. The molecule has 0 saturated carbocycles. The van der Waals surface area contributed by atoms with E-state index < -0.39 is 4.92 Å². The van der Waals surface area contributed by atoms with E-state index in [1.54, 1.807) is 18.2 Å². The number of halogens is 2. The summed E-state index contributed by atoms with van der Waals surface area (Å²) in [6.45, 7) is 1.88. The summed E-state index contributed by atoms with van der Waals surface area (Å²) in [6.07, 6.45) is 0.193. The Morgan fingerprint density at radius 3 is 2.67 bits per heavy atom. The number of nitrogens with one attached hydrogen (secondary N) is 1. The number of aryl methyl sites for hydroxylation is 1. The van der Waals surface area contributed by atoms with Crippen molar-refractivity contribution in [3.8, 4) is 0 Å². The van der Waals surface area contributed by atoms with Crippen LogP contribution in [0.5, 0.6) is 0 Å². The minimum atomic E-state index is -0.484. The van der Waals surface area contributed by atoms with Crippen LogP contribution in [0.1, 0.15) is 12.0 Å². The van der Waals surface area contributed by atoms with E-state index in [4.69, 9.17) is 23.2 Å². The largest absolute Gasteiger partial charge is 0.326 e. The third-order valence-corrected chi connectivity index (χ3v) is 5.13. The topological polar surface area (TPSA) is 72.2 Å². The first kappa shape index (κ1) is 18.6. The monoisotopic (exact) mass is 384 g/mol. The van der Waals surface area contributed by atoms with Gasteiger partial charge in [0.2, 0.25) is 5.91 Å². The summed E-state index contributed by atoms with van der Waals surface area (Å²) in [5, 5.41) is 14.6. The van der Waals surface area contributed by atoms with Crippen molar-refractivity contribution in [1.29, 1.82) is 0 Å². The Labute approximate surface area is 153 Å². The second-order valence-corrected chi connectivity index (χ2v) is 6.88. The lowest BCUT2D eigenvalue weighted by Crippen LogP contribution is -2.12. The summed E-state index contributed by atoms with van der Waals surface area (Å²) in [5.41, 5.74) is 1.48. The van der Waals surface area contributed by atoms with Gasteiger partial charge >= 0.3 is 0 Å². The number of nitro benzene ring substituents is 1. The Morgan fingerprint density at radius 2 is 2.00 bits per heavy atom. The van der Waals surface area contributed by atoms with Gasteiger partial charge in [-0.1, -0.05) is 35.3 Å². The Balaban J connectivity index is 1.93. The van der Waals surface area contributed by atoms with E-state index in [-0.39, 0.29) is 18.0 Å². The molecule has 126 valence electrons. The third kappa shape index (κ3) is 4.87. The first-order valence-electron chi connectivity index (χ1n) is 7.00. The Hall–Kier alpha value is -1.76. The average Bonchev–Trinajstić information content (AvgIpc) is 2.52. The van der Waals surface area contributed by atoms with Crippen molar-refractivity contribution < 1.29 is 9.72 Å². The molecular weight excluding hydrogens is 371 g/mol. The zero-order valence-corrected chi connectivity index (χ0v) is 15.0. The number of rotatable bonds is 6. The molecule has 0 aromatic heterocycles. The maximum Gasteiger partial charge on any atom is 0.284 e. The van der Waals surface area contributed by atoms with E-state index in [9.17, 15) is 14.9 Å². The molecule has 0 spiro atoms. The highest BCUT2D eigenvalue weighted by Crippen LogP contribution is 2.35. The summed E-state index contributed by atoms with van der Waals surface area (Å²) in [5.74, 6) is 0.174. The summed E-state index contributed by atoms with van der Waals surface area (Å²) in [4.78, 5) is 22.9. The van der Waals surface area contributed by atoms with E-state index >= 15 is 0 Å². The Kier molecular flexibility index (Phi) is 6.48. The van der Waals surface area contributed by atoms with Gasteiger partial charge in [0, 0.05) is 29.0 Å². The molecule has 0 radical (unpaired) electrons. The summed E-state index contributed by atoms with van der Waals surface area (Å²) >= 11 is 13.2. The molecule has 0 bridgehead atoms. The standard InChI is InChI=1S/C16H14Cl2N2O3S/c1-10-5-6-11(9-13(10)18)19-15(21)7-8-24-16-12(17)3-2-4-14(16)20(22)23/h2-6,9H,7-8H2,1H3,(H,19,21). The fourth-order valence-electron chi connectivity index (χ4n) is 1.92. The molecule has 0 atom stereocenters. The summed E-state index contributed by atoms with van der Waals surface area (Å²) in [7, 11) is 0. The quantitative estimate of drug-likeness (QED) is 0.414. The Morgan fingerprint density at radius 1 is 1.25 bits per heavy atom. The number of anilines is 1. The fourth-order valence-corrected chi connectivity index (χ4v) is 3.43. The Bertz CT molecular complexity index is 784. The molecule has 2 aromatic carbocycles. The van der Waals surface area contributed by atoms with Gasteiger partial charge in [-0.3, -0.25) is 14.9 Å². The molecule has 1 amide bonds. The zero-order valence-electron chi connectivity index (χ0n) is 12.7. The minimum absolute atomic E-state index is 0.0572. The molecule has 0 unspecified atom stereocenters. The van der Waals surface area contributed by atoms with Gasteiger partial charge in [0.05, 0.1) is 9.95 Å². The van der Waals surface area contributed by atoms with Crippen LogP contribution in [-0.2, 0) is 4.79 Å². The molecule has 8 heteroatoms. The maximum absolute atomic E-state index is 12.0. The van der Waals surface area contributed by atoms with Gasteiger partial charge in [-0.05, 0) is 30.7 Å². The molecule has 0 aliphatic heterocycles. The van der Waals surface area contributed by atoms with Crippen molar-refractivity contribution >= 4 is 52.2 Å². The van der Waals surface area contributed by atoms with E-state index in [1.165, 1.54) is 23.9 Å². The van der Waals surface area contributed by atoms with Crippen molar-refractivity contribution in [2.24, 2.45) is 0 Å². The van der Waals surface area contributed by atoms with Crippen molar-refractivity contribution in [3.05, 3.63) is 62.1 Å². The maximum atomic E-state index is 12.0. The van der Waals surface area contributed by atoms with E-state index in [0.717, 1.165) is 5.56 Å². The van der Waals surface area contributed by atoms with E-state index in [1.807, 2.05) is 13.0 Å². The molecule has 0 aliphatic carbocycles. The molecular formula is C16H14Cl2N2O3S. The van der Waals surface area contributed by atoms with Gasteiger partial charge in [-0.2, -0.15) is 0 Å². The van der Waals surface area contributed by atoms with Crippen molar-refractivity contribution in [3.63, 3.8) is 0 Å². The number of hydrogen-bond donors (Lipinski definition) is 1. The highest BCUT2D eigenvalue weighted by Gasteiger charge is 2.17. The normalized spacial score (nSPS) is 10.5. The highest BCUT2D eigenvalue weighted by molar-refractivity contribution is 7.99. The molecule has 0 saturated heterocycles. The van der Waals surface area contributed by atoms with Crippen LogP contribution in [0.4, 0.5) is 11.4 Å². The first-order valence-corrected chi connectivity index (χ1v) is 8.74. The number of hydrogen-bond acceptors (Lipinski definition) is 4. The number of nitrogens with zero attached hydrogens (tertiary/aromatic N) is 1. The number of benzene rings is 2. The SMILES string of the molecule is Cc1ccc(NC(=O)CCSc2c(Cl)cccc2[N+](=O)[O-])cc1Cl. The van der Waals surface area contributed by atoms with Gasteiger partial charge in [0.25, 0.3) is 5.69 Å². The van der Waals surface area contributed by atoms with Gasteiger partial charge < -0.3 is 5.32 Å². The smallest absolute Gasteiger partial charge is 0.284 e. The second-order valence-electron chi connectivity index (χ2n) is 4.96. The number of thioether (sulfide) groups is 1. The van der Waals surface area contributed by atoms with Crippen molar-refractivity contribution in [1.82, 2.24) is 0 Å². The predicted molar refractivity (Wildman–Crippen MR) is 98.3 cm³/mol. The van der Waals surface area contributed by atoms with Gasteiger partial charge in [-0.25, -0.2) is 0 Å². The van der Waals surface area contributed by atoms with Crippen LogP contribution in [0.2, 0.25) is 10.0 Å². The molecule has 2 rings (SSSR count). The number of amides is 1. The van der Waals surface area contributed by atoms with E-state index in [2.05, 4.69) is 5.32 Å². The predicted octanol–water partition coefficient (Wildman–Crippen LogP) is 5.33. The molecule has 0 fully saturated rings. The van der Waals surface area contributed by atoms with Crippen molar-refractivity contribution in [2.45, 2.75) is 18.2 Å². The van der Waals surface area contributed by atoms with Crippen LogP contribution < -0.4 is 5.32 Å². The van der Waals surface area contributed by atoms with Crippen LogP contribution in [0, 0.1) is 17.0 Å². The van der Waals surface area contributed by atoms with Gasteiger partial charge in [0.1, 0.15) is 4.90 Å². The van der Waals surface area contributed by atoms with Crippen LogP contribution in [0.25, 0.3) is 0 Å². The molecule has 2 aromatic rings. The molecule has 0 aliphatic rings. The first-order chi connectivity index (χ1) is 11.4. The van der Waals surface area contributed by atoms with Crippen LogP contribution in [0.15, 0.2) is 41.3 Å². The highest BCUT2D eigenvalue weighted by atomic mass is 35.5. The molecule has 1 N–H and O–H groups in total. The molecule has 5 nitrogen and oxygen atoms in total. The zero-order chi connectivity index (χ0) is 17.7. The summed E-state index contributed by atoms with van der Waals surface area (Å²) < 4.78 is 0. The van der Waals surface area contributed by atoms with Crippen LogP contribution in [0.3, 0.4) is 0 Å². The number of carbonyl (C=O) groups excluding carboxylic acids is 1. The fraction of sp³-hybridized carbons (Fsp3) is 0.188. The second kappa shape index (κ2) is 8.37. The lowest BCUT2D eigenvalue weighted by molar-refractivity contribution is -0.387. The number of nitro groups is 1. The third-order valence-electron chi connectivity index (χ3n) is 3.17. The molecule has 0 heterocycles. The van der Waals surface area contributed by atoms with Crippen LogP contribution in [-0.4, -0.2) is 16.6 Å². The van der Waals surface area contributed by atoms with Crippen molar-refractivity contribution in [2.75, 3.05) is 11.1 Å². The minimum Gasteiger partial charge on any atom is -0.326 e. The van der Waals surface area contributed by atoms with E-state index in [0.29, 0.717) is 26.4 Å². The summed E-state index contributed by atoms with van der Waals surface area (Å²) in [6, 6.07) is 9.78. The van der Waals surface area contributed by atoms with Gasteiger partial charge in [-0.15, -0.1) is 11.8 Å². The molecule has 24 heavy (non-hydrogen) atoms. The van der Waals surface area contributed by atoms with Gasteiger partial charge in [0.15, 0.2) is 0 Å². The lowest BCUT2D eigenvalue weighted by atomic mass is 10.2. The van der Waals surface area contributed by atoms with Crippen LogP contribution >= 0.6 is 35.0 Å².